The van der Waals surface area contributed by atoms with Crippen molar-refractivity contribution >= 4 is 0 Å². The Balaban J connectivity index is -0.000000315. The molecule has 0 fully saturated rings. The molecule has 0 aliphatic heterocycles. The molecule has 0 aromatic heterocycles. The van der Waals surface area contributed by atoms with Crippen molar-refractivity contribution in [1.29, 1.82) is 0 Å². The van der Waals surface area contributed by atoms with Gasteiger partial charge in [-0.2, -0.15) is 0 Å². The van der Waals surface area contributed by atoms with E-state index in [9.17, 15) is 0 Å². The van der Waals surface area contributed by atoms with Gasteiger partial charge < -0.3 is 0 Å². The first-order chi connectivity index (χ1) is 11.1. The van der Waals surface area contributed by atoms with Crippen LogP contribution in [0.1, 0.15) is 132 Å². The van der Waals surface area contributed by atoms with E-state index in [0.29, 0.717) is 0 Å². The third-order valence-corrected chi connectivity index (χ3v) is 4.29. The molecule has 0 heteroatoms. The lowest BCUT2D eigenvalue weighted by Crippen LogP contribution is -1.94. The average molecular weight is 327 g/mol. The molecule has 23 heavy (non-hydrogen) atoms. The molecular formula is C23H50. The minimum absolute atomic E-state index is 0.729. The van der Waals surface area contributed by atoms with E-state index >= 15 is 0 Å². The van der Waals surface area contributed by atoms with E-state index in [1.165, 1.54) is 89.0 Å². The van der Waals surface area contributed by atoms with E-state index in [4.69, 9.17) is 0 Å². The Labute approximate surface area is 150 Å². The zero-order valence-corrected chi connectivity index (χ0v) is 18.0. The van der Waals surface area contributed by atoms with E-state index in [2.05, 4.69) is 41.2 Å². The van der Waals surface area contributed by atoms with Crippen molar-refractivity contribution < 1.29 is 0 Å². The molecule has 0 aromatic rings. The topological polar surface area (TPSA) is 0 Å². The molecule has 0 spiro atoms. The van der Waals surface area contributed by atoms with Crippen LogP contribution >= 0.6 is 0 Å². The summed E-state index contributed by atoms with van der Waals surface area (Å²) in [6, 6.07) is 0. The molecule has 0 saturated heterocycles. The van der Waals surface area contributed by atoms with Crippen molar-refractivity contribution in [2.45, 2.75) is 132 Å². The van der Waals surface area contributed by atoms with Crippen LogP contribution in [0.4, 0.5) is 0 Å². The van der Waals surface area contributed by atoms with E-state index in [0.717, 1.165) is 5.92 Å². The predicted octanol–water partition coefficient (Wildman–Crippen LogP) is 9.34. The summed E-state index contributed by atoms with van der Waals surface area (Å²) in [4.78, 5) is 0. The van der Waals surface area contributed by atoms with Gasteiger partial charge in [0.1, 0.15) is 0 Å². The molecule has 0 aliphatic rings. The Hall–Kier alpha value is -0.260. The monoisotopic (exact) mass is 326 g/mol. The van der Waals surface area contributed by atoms with Gasteiger partial charge in [0.15, 0.2) is 0 Å². The van der Waals surface area contributed by atoms with Crippen LogP contribution in [-0.4, -0.2) is 0 Å². The smallest absolute Gasteiger partial charge is 0.0237 e. The molecule has 0 radical (unpaired) electrons. The van der Waals surface area contributed by atoms with Crippen LogP contribution in [0, 0.1) is 5.92 Å². The van der Waals surface area contributed by atoms with Crippen LogP contribution < -0.4 is 0 Å². The van der Waals surface area contributed by atoms with E-state index < -0.39 is 0 Å². The van der Waals surface area contributed by atoms with Gasteiger partial charge in [0.25, 0.3) is 0 Å². The van der Waals surface area contributed by atoms with Crippen molar-refractivity contribution in [2.24, 2.45) is 5.92 Å². The fraction of sp³-hybridized carbons (Fsp3) is 0.913. The Morgan fingerprint density at radius 3 is 1.26 bits per heavy atom. The SMILES string of the molecule is C=C(C)C(C)CCCCCC.CC.CCCCCCCCCC. The molecular weight excluding hydrogens is 276 g/mol. The van der Waals surface area contributed by atoms with Crippen molar-refractivity contribution in [2.75, 3.05) is 0 Å². The van der Waals surface area contributed by atoms with Crippen LogP contribution in [0.25, 0.3) is 0 Å². The van der Waals surface area contributed by atoms with Crippen LogP contribution in [0.2, 0.25) is 0 Å². The number of unbranched alkanes of at least 4 members (excludes halogenated alkanes) is 10. The molecule has 0 amide bonds. The second-order valence-electron chi connectivity index (χ2n) is 6.72. The number of rotatable bonds is 13. The summed E-state index contributed by atoms with van der Waals surface area (Å²) in [6.45, 7) is 19.1. The standard InChI is InChI=1S/C11H22.C10H22.C2H6/c1-5-6-7-8-9-11(4)10(2)3;1-3-5-7-9-10-8-6-4-2;1-2/h11H,2,5-9H2,1,3-4H3;3-10H2,1-2H3;1-2H3. The Morgan fingerprint density at radius 2 is 0.957 bits per heavy atom. The molecule has 0 heterocycles. The number of hydrogen-bond donors (Lipinski definition) is 0. The summed E-state index contributed by atoms with van der Waals surface area (Å²) in [5, 5.41) is 0. The largest absolute Gasteiger partial charge is 0.0999 e. The maximum Gasteiger partial charge on any atom is -0.0237 e. The molecule has 0 rings (SSSR count). The highest BCUT2D eigenvalue weighted by molar-refractivity contribution is 4.93. The molecule has 1 atom stereocenters. The minimum Gasteiger partial charge on any atom is -0.0999 e. The highest BCUT2D eigenvalue weighted by Gasteiger charge is 2.00. The van der Waals surface area contributed by atoms with Gasteiger partial charge in [-0.15, -0.1) is 0 Å². The van der Waals surface area contributed by atoms with E-state index in [1.807, 2.05) is 13.8 Å². The average Bonchev–Trinajstić information content (AvgIpc) is 2.57. The maximum absolute atomic E-state index is 3.95. The summed E-state index contributed by atoms with van der Waals surface area (Å²) in [6.07, 6.45) is 18.3. The molecule has 0 N–H and O–H groups in total. The van der Waals surface area contributed by atoms with Gasteiger partial charge in [0, 0.05) is 0 Å². The summed E-state index contributed by atoms with van der Waals surface area (Å²) in [7, 11) is 0. The summed E-state index contributed by atoms with van der Waals surface area (Å²) in [5.41, 5.74) is 1.33. The Bertz CT molecular complexity index is 184. The molecule has 142 valence electrons. The zero-order chi connectivity index (χ0) is 18.3. The van der Waals surface area contributed by atoms with Gasteiger partial charge in [-0.1, -0.05) is 131 Å². The Morgan fingerprint density at radius 1 is 0.652 bits per heavy atom. The quantitative estimate of drug-likeness (QED) is 0.233. The van der Waals surface area contributed by atoms with Gasteiger partial charge in [0.05, 0.1) is 0 Å². The first-order valence-electron chi connectivity index (χ1n) is 10.7. The molecule has 0 aliphatic carbocycles. The molecule has 0 bridgehead atoms. The molecule has 0 saturated carbocycles. The summed E-state index contributed by atoms with van der Waals surface area (Å²) in [5.74, 6) is 0.729. The zero-order valence-electron chi connectivity index (χ0n) is 18.0. The number of hydrogen-bond acceptors (Lipinski definition) is 0. The minimum atomic E-state index is 0.729. The van der Waals surface area contributed by atoms with Crippen molar-refractivity contribution in [3.8, 4) is 0 Å². The van der Waals surface area contributed by atoms with Gasteiger partial charge in [0.2, 0.25) is 0 Å². The summed E-state index contributed by atoms with van der Waals surface area (Å²) >= 11 is 0. The molecule has 0 aromatic carbocycles. The second-order valence-corrected chi connectivity index (χ2v) is 6.72. The molecule has 0 nitrogen and oxygen atoms in total. The first kappa shape index (κ1) is 27.6. The van der Waals surface area contributed by atoms with E-state index in [-0.39, 0.29) is 0 Å². The van der Waals surface area contributed by atoms with Crippen LogP contribution in [-0.2, 0) is 0 Å². The van der Waals surface area contributed by atoms with Gasteiger partial charge in [-0.05, 0) is 19.3 Å². The third kappa shape index (κ3) is 30.2. The first-order valence-corrected chi connectivity index (χ1v) is 10.7. The summed E-state index contributed by atoms with van der Waals surface area (Å²) < 4.78 is 0. The van der Waals surface area contributed by atoms with Crippen LogP contribution in [0.15, 0.2) is 12.2 Å². The van der Waals surface area contributed by atoms with Gasteiger partial charge >= 0.3 is 0 Å². The highest BCUT2D eigenvalue weighted by Crippen LogP contribution is 2.16. The van der Waals surface area contributed by atoms with Crippen LogP contribution in [0.5, 0.6) is 0 Å². The lowest BCUT2D eigenvalue weighted by molar-refractivity contribution is 0.543. The van der Waals surface area contributed by atoms with Gasteiger partial charge in [-0.25, -0.2) is 0 Å². The van der Waals surface area contributed by atoms with Gasteiger partial charge in [-0.3, -0.25) is 0 Å². The van der Waals surface area contributed by atoms with E-state index in [1.54, 1.807) is 0 Å². The third-order valence-electron chi connectivity index (χ3n) is 4.29. The predicted molar refractivity (Wildman–Crippen MR) is 112 cm³/mol. The Kier molecular flexibility index (Phi) is 31.9. The highest BCUT2D eigenvalue weighted by atomic mass is 14.1. The lowest BCUT2D eigenvalue weighted by atomic mass is 9.97. The van der Waals surface area contributed by atoms with Crippen LogP contribution in [0.3, 0.4) is 0 Å². The fourth-order valence-electron chi connectivity index (χ4n) is 2.33. The van der Waals surface area contributed by atoms with Crippen molar-refractivity contribution in [1.82, 2.24) is 0 Å². The molecule has 1 unspecified atom stereocenters. The lowest BCUT2D eigenvalue weighted by Gasteiger charge is -2.09. The maximum atomic E-state index is 3.95. The normalized spacial score (nSPS) is 10.9. The van der Waals surface area contributed by atoms with Crippen molar-refractivity contribution in [3.63, 3.8) is 0 Å². The second kappa shape index (κ2) is 26.6. The number of allylic oxidation sites excluding steroid dienone is 1. The van der Waals surface area contributed by atoms with Crippen molar-refractivity contribution in [3.05, 3.63) is 12.2 Å². The fourth-order valence-corrected chi connectivity index (χ4v) is 2.33.